The second-order valence-corrected chi connectivity index (χ2v) is 11.9. The van der Waals surface area contributed by atoms with Gasteiger partial charge in [-0.2, -0.15) is 0 Å². The molecule has 0 spiro atoms. The van der Waals surface area contributed by atoms with Gasteiger partial charge in [0.05, 0.1) is 0 Å². The summed E-state index contributed by atoms with van der Waals surface area (Å²) in [6.45, 7) is 10.3. The number of carboxylic acids is 1. The molecular formula is C26H44O2. The zero-order valence-electron chi connectivity index (χ0n) is 18.9. The van der Waals surface area contributed by atoms with Crippen molar-refractivity contribution in [2.45, 2.75) is 105 Å². The quantitative estimate of drug-likeness (QED) is 0.542. The number of hydrogen-bond acceptors (Lipinski definition) is 1. The maximum atomic E-state index is 11.0. The fourth-order valence-electron chi connectivity index (χ4n) is 9.24. The molecule has 4 rings (SSSR count). The summed E-state index contributed by atoms with van der Waals surface area (Å²) in [7, 11) is 0. The van der Waals surface area contributed by atoms with Gasteiger partial charge in [0.25, 0.3) is 0 Å². The third-order valence-electron chi connectivity index (χ3n) is 10.8. The Morgan fingerprint density at radius 3 is 2.39 bits per heavy atom. The van der Waals surface area contributed by atoms with Gasteiger partial charge in [0.15, 0.2) is 0 Å². The maximum absolute atomic E-state index is 11.0. The van der Waals surface area contributed by atoms with Crippen LogP contribution in [0.2, 0.25) is 0 Å². The zero-order valence-corrected chi connectivity index (χ0v) is 18.9. The van der Waals surface area contributed by atoms with Crippen molar-refractivity contribution in [3.8, 4) is 0 Å². The van der Waals surface area contributed by atoms with Gasteiger partial charge in [-0.15, -0.1) is 0 Å². The van der Waals surface area contributed by atoms with Gasteiger partial charge >= 0.3 is 5.97 Å². The first-order valence-electron chi connectivity index (χ1n) is 12.5. The van der Waals surface area contributed by atoms with Gasteiger partial charge in [-0.1, -0.05) is 40.5 Å². The van der Waals surface area contributed by atoms with Crippen LogP contribution in [-0.2, 0) is 4.79 Å². The maximum Gasteiger partial charge on any atom is 0.303 e. The first-order valence-corrected chi connectivity index (χ1v) is 12.5. The Morgan fingerprint density at radius 1 is 0.964 bits per heavy atom. The van der Waals surface area contributed by atoms with Crippen LogP contribution in [0, 0.1) is 52.3 Å². The highest BCUT2D eigenvalue weighted by Gasteiger charge is 2.61. The topological polar surface area (TPSA) is 37.3 Å². The number of carboxylic acid groups (broad SMARTS) is 1. The third-order valence-corrected chi connectivity index (χ3v) is 10.8. The molecule has 4 saturated carbocycles. The highest BCUT2D eigenvalue weighted by molar-refractivity contribution is 5.66. The average Bonchev–Trinajstić information content (AvgIpc) is 2.98. The summed E-state index contributed by atoms with van der Waals surface area (Å²) in [6, 6.07) is 0. The lowest BCUT2D eigenvalue weighted by molar-refractivity contribution is -0.142. The van der Waals surface area contributed by atoms with Crippen molar-refractivity contribution in [3.63, 3.8) is 0 Å². The molecule has 0 bridgehead atoms. The molecule has 1 N–H and O–H groups in total. The summed E-state index contributed by atoms with van der Waals surface area (Å²) >= 11 is 0. The lowest BCUT2D eigenvalue weighted by Crippen LogP contribution is -2.56. The molecule has 4 aliphatic rings. The first-order chi connectivity index (χ1) is 13.3. The van der Waals surface area contributed by atoms with Gasteiger partial charge in [-0.3, -0.25) is 4.79 Å². The van der Waals surface area contributed by atoms with Crippen molar-refractivity contribution < 1.29 is 9.90 Å². The molecule has 0 heterocycles. The van der Waals surface area contributed by atoms with E-state index in [0.29, 0.717) is 17.3 Å². The Balaban J connectivity index is 1.54. The molecule has 0 aliphatic heterocycles. The summed E-state index contributed by atoms with van der Waals surface area (Å²) in [5.74, 6) is 5.82. The van der Waals surface area contributed by atoms with E-state index in [4.69, 9.17) is 5.11 Å². The molecule has 0 aromatic carbocycles. The van der Waals surface area contributed by atoms with Crippen molar-refractivity contribution in [1.29, 1.82) is 0 Å². The minimum Gasteiger partial charge on any atom is -0.481 e. The van der Waals surface area contributed by atoms with Crippen LogP contribution in [0.25, 0.3) is 0 Å². The van der Waals surface area contributed by atoms with Gasteiger partial charge in [0.2, 0.25) is 0 Å². The van der Waals surface area contributed by atoms with E-state index in [1.54, 1.807) is 0 Å². The minimum atomic E-state index is -0.619. The van der Waals surface area contributed by atoms with Gasteiger partial charge in [0.1, 0.15) is 0 Å². The van der Waals surface area contributed by atoms with Crippen LogP contribution < -0.4 is 0 Å². The summed E-state index contributed by atoms with van der Waals surface area (Å²) in [6.07, 6.45) is 15.3. The molecule has 2 nitrogen and oxygen atoms in total. The number of hydrogen-bond donors (Lipinski definition) is 1. The second-order valence-electron chi connectivity index (χ2n) is 11.9. The Bertz CT molecular complexity index is 585. The lowest BCUT2D eigenvalue weighted by Gasteiger charge is -2.63. The molecule has 0 aromatic rings. The molecule has 4 aliphatic carbocycles. The standard InChI is InChI=1S/C26H44O2/c1-5-18-16-20-21-10-9-19(7-6-8-24(27)28)25(21,3)14-12-22(20)26(4)13-11-17(2)15-23(18)26/h17-23H,5-16H2,1-4H3,(H,27,28)/t17?,18-,19?,20?,21?,22-,23?,25?,26?/m0/s1. The van der Waals surface area contributed by atoms with Crippen molar-refractivity contribution in [2.75, 3.05) is 0 Å². The Labute approximate surface area is 173 Å². The molecule has 9 atom stereocenters. The van der Waals surface area contributed by atoms with Crippen molar-refractivity contribution in [1.82, 2.24) is 0 Å². The molecule has 4 fully saturated rings. The molecule has 0 amide bonds. The number of rotatable bonds is 5. The summed E-state index contributed by atoms with van der Waals surface area (Å²) in [5.41, 5.74) is 1.09. The van der Waals surface area contributed by atoms with Crippen LogP contribution in [0.4, 0.5) is 0 Å². The van der Waals surface area contributed by atoms with Crippen LogP contribution in [0.1, 0.15) is 105 Å². The highest BCUT2D eigenvalue weighted by atomic mass is 16.4. The Morgan fingerprint density at radius 2 is 1.68 bits per heavy atom. The molecule has 0 saturated heterocycles. The Kier molecular flexibility index (Phi) is 5.64. The third kappa shape index (κ3) is 3.25. The van der Waals surface area contributed by atoms with Crippen molar-refractivity contribution in [3.05, 3.63) is 0 Å². The molecule has 28 heavy (non-hydrogen) atoms. The lowest BCUT2D eigenvalue weighted by atomic mass is 9.42. The van der Waals surface area contributed by atoms with E-state index >= 15 is 0 Å². The van der Waals surface area contributed by atoms with E-state index in [1.807, 2.05) is 0 Å². The Hall–Kier alpha value is -0.530. The number of aliphatic carboxylic acids is 1. The van der Waals surface area contributed by atoms with Crippen LogP contribution in [-0.4, -0.2) is 11.1 Å². The van der Waals surface area contributed by atoms with Gasteiger partial charge in [-0.25, -0.2) is 0 Å². The fourth-order valence-corrected chi connectivity index (χ4v) is 9.24. The average molecular weight is 389 g/mol. The SMILES string of the molecule is CC[C@H]1CC2C3CCC(CCCC(=O)O)C3(C)CC[C@@H]2C2(C)CCC(C)CC12. The molecule has 2 heteroatoms. The van der Waals surface area contributed by atoms with Crippen LogP contribution in [0.3, 0.4) is 0 Å². The summed E-state index contributed by atoms with van der Waals surface area (Å²) in [5, 5.41) is 9.05. The van der Waals surface area contributed by atoms with Gasteiger partial charge < -0.3 is 5.11 Å². The number of fused-ring (bicyclic) bond motifs is 5. The predicted molar refractivity (Wildman–Crippen MR) is 115 cm³/mol. The fraction of sp³-hybridized carbons (Fsp3) is 0.962. The summed E-state index contributed by atoms with van der Waals surface area (Å²) < 4.78 is 0. The smallest absolute Gasteiger partial charge is 0.303 e. The van der Waals surface area contributed by atoms with E-state index in [2.05, 4.69) is 27.7 Å². The predicted octanol–water partition coefficient (Wildman–Crippen LogP) is 7.17. The monoisotopic (exact) mass is 388 g/mol. The minimum absolute atomic E-state index is 0.360. The van der Waals surface area contributed by atoms with Crippen LogP contribution in [0.5, 0.6) is 0 Å². The van der Waals surface area contributed by atoms with Crippen molar-refractivity contribution >= 4 is 5.97 Å². The van der Waals surface area contributed by atoms with Crippen molar-refractivity contribution in [2.24, 2.45) is 52.3 Å². The molecule has 160 valence electrons. The van der Waals surface area contributed by atoms with E-state index in [0.717, 1.165) is 54.3 Å². The van der Waals surface area contributed by atoms with Crippen LogP contribution in [0.15, 0.2) is 0 Å². The van der Waals surface area contributed by atoms with Crippen LogP contribution >= 0.6 is 0 Å². The second kappa shape index (κ2) is 7.62. The molecular weight excluding hydrogens is 344 g/mol. The number of carbonyl (C=O) groups is 1. The first kappa shape index (κ1) is 20.7. The molecule has 0 aromatic heterocycles. The molecule has 7 unspecified atom stereocenters. The highest BCUT2D eigenvalue weighted by Crippen LogP contribution is 2.69. The molecule has 0 radical (unpaired) electrons. The van der Waals surface area contributed by atoms with Gasteiger partial charge in [-0.05, 0) is 110 Å². The van der Waals surface area contributed by atoms with E-state index in [-0.39, 0.29) is 0 Å². The normalized spacial score (nSPS) is 50.5. The van der Waals surface area contributed by atoms with E-state index < -0.39 is 5.97 Å². The summed E-state index contributed by atoms with van der Waals surface area (Å²) in [4.78, 5) is 11.0. The zero-order chi connectivity index (χ0) is 20.1. The van der Waals surface area contributed by atoms with Gasteiger partial charge in [0, 0.05) is 6.42 Å². The van der Waals surface area contributed by atoms with E-state index in [9.17, 15) is 4.79 Å². The largest absolute Gasteiger partial charge is 0.481 e. The van der Waals surface area contributed by atoms with E-state index in [1.165, 1.54) is 57.8 Å².